The molecular formula is C15H23BrO3. The molecule has 0 aliphatic rings. The van der Waals surface area contributed by atoms with Crippen molar-refractivity contribution in [2.75, 3.05) is 32.3 Å². The standard InChI is InChI=1S/C15H23BrO3/c1-3-4-9-18-10-11-19-15(12-16)13-5-7-14(17-2)8-6-13/h5-8,15H,3-4,9-12H2,1-2H3. The van der Waals surface area contributed by atoms with E-state index in [9.17, 15) is 0 Å². The number of hydrogen-bond donors (Lipinski definition) is 0. The monoisotopic (exact) mass is 330 g/mol. The number of rotatable bonds is 10. The number of ether oxygens (including phenoxy) is 3. The zero-order chi connectivity index (χ0) is 13.9. The highest BCUT2D eigenvalue weighted by molar-refractivity contribution is 9.09. The Hall–Kier alpha value is -0.580. The summed E-state index contributed by atoms with van der Waals surface area (Å²) in [4.78, 5) is 0. The first-order valence-electron chi connectivity index (χ1n) is 6.71. The predicted octanol–water partition coefficient (Wildman–Crippen LogP) is 3.96. The molecule has 4 heteroatoms. The molecule has 0 amide bonds. The van der Waals surface area contributed by atoms with E-state index in [1.165, 1.54) is 0 Å². The largest absolute Gasteiger partial charge is 0.497 e. The van der Waals surface area contributed by atoms with Crippen LogP contribution in [0.25, 0.3) is 0 Å². The molecule has 0 saturated carbocycles. The topological polar surface area (TPSA) is 27.7 Å². The minimum atomic E-state index is 0.0562. The third kappa shape index (κ3) is 6.41. The predicted molar refractivity (Wildman–Crippen MR) is 81.2 cm³/mol. The molecule has 3 nitrogen and oxygen atoms in total. The molecule has 108 valence electrons. The van der Waals surface area contributed by atoms with E-state index < -0.39 is 0 Å². The van der Waals surface area contributed by atoms with Crippen molar-refractivity contribution in [1.29, 1.82) is 0 Å². The Morgan fingerprint density at radius 3 is 2.42 bits per heavy atom. The Kier molecular flexibility index (Phi) is 8.88. The molecular weight excluding hydrogens is 308 g/mol. The summed E-state index contributed by atoms with van der Waals surface area (Å²) in [6, 6.07) is 7.96. The van der Waals surface area contributed by atoms with Crippen LogP contribution in [0.15, 0.2) is 24.3 Å². The van der Waals surface area contributed by atoms with Gasteiger partial charge in [-0.05, 0) is 24.1 Å². The Morgan fingerprint density at radius 2 is 1.84 bits per heavy atom. The first-order valence-corrected chi connectivity index (χ1v) is 7.83. The van der Waals surface area contributed by atoms with E-state index >= 15 is 0 Å². The van der Waals surface area contributed by atoms with E-state index in [1.54, 1.807) is 7.11 Å². The lowest BCUT2D eigenvalue weighted by atomic mass is 10.1. The molecule has 1 aromatic carbocycles. The van der Waals surface area contributed by atoms with Crippen LogP contribution in [0.2, 0.25) is 0 Å². The van der Waals surface area contributed by atoms with Crippen LogP contribution in [0.4, 0.5) is 0 Å². The second kappa shape index (κ2) is 10.2. The smallest absolute Gasteiger partial charge is 0.118 e. The van der Waals surface area contributed by atoms with Gasteiger partial charge in [-0.15, -0.1) is 0 Å². The maximum Gasteiger partial charge on any atom is 0.118 e. The third-order valence-electron chi connectivity index (χ3n) is 2.82. The van der Waals surface area contributed by atoms with Gasteiger partial charge in [0.2, 0.25) is 0 Å². The Balaban J connectivity index is 2.31. The van der Waals surface area contributed by atoms with Crippen molar-refractivity contribution in [3.63, 3.8) is 0 Å². The second-order valence-electron chi connectivity index (χ2n) is 4.25. The summed E-state index contributed by atoms with van der Waals surface area (Å²) >= 11 is 3.49. The van der Waals surface area contributed by atoms with Crippen LogP contribution in [-0.4, -0.2) is 32.3 Å². The summed E-state index contributed by atoms with van der Waals surface area (Å²) in [5, 5.41) is 0.772. The average molecular weight is 331 g/mol. The number of hydrogen-bond acceptors (Lipinski definition) is 3. The fraction of sp³-hybridized carbons (Fsp3) is 0.600. The minimum absolute atomic E-state index is 0.0562. The van der Waals surface area contributed by atoms with Gasteiger partial charge in [-0.25, -0.2) is 0 Å². The molecule has 0 N–H and O–H groups in total. The summed E-state index contributed by atoms with van der Waals surface area (Å²) in [6.45, 7) is 4.25. The lowest BCUT2D eigenvalue weighted by Crippen LogP contribution is -2.11. The van der Waals surface area contributed by atoms with Gasteiger partial charge >= 0.3 is 0 Å². The van der Waals surface area contributed by atoms with E-state index in [4.69, 9.17) is 14.2 Å². The van der Waals surface area contributed by atoms with Gasteiger partial charge in [-0.1, -0.05) is 41.4 Å². The number of alkyl halides is 1. The van der Waals surface area contributed by atoms with Gasteiger partial charge in [0, 0.05) is 11.9 Å². The number of benzene rings is 1. The molecule has 0 fully saturated rings. The molecule has 0 aliphatic carbocycles. The molecule has 1 rings (SSSR count). The van der Waals surface area contributed by atoms with Crippen molar-refractivity contribution >= 4 is 15.9 Å². The van der Waals surface area contributed by atoms with Crippen LogP contribution in [0.1, 0.15) is 31.4 Å². The van der Waals surface area contributed by atoms with Crippen LogP contribution in [-0.2, 0) is 9.47 Å². The summed E-state index contributed by atoms with van der Waals surface area (Å²) in [7, 11) is 1.67. The zero-order valence-corrected chi connectivity index (χ0v) is 13.3. The van der Waals surface area contributed by atoms with Crippen LogP contribution in [0, 0.1) is 0 Å². The first kappa shape index (κ1) is 16.5. The Morgan fingerprint density at radius 1 is 1.11 bits per heavy atom. The van der Waals surface area contributed by atoms with Crippen molar-refractivity contribution in [3.05, 3.63) is 29.8 Å². The second-order valence-corrected chi connectivity index (χ2v) is 4.90. The van der Waals surface area contributed by atoms with E-state index in [1.807, 2.05) is 24.3 Å². The summed E-state index contributed by atoms with van der Waals surface area (Å²) in [5.41, 5.74) is 1.14. The average Bonchev–Trinajstić information content (AvgIpc) is 2.47. The van der Waals surface area contributed by atoms with Crippen LogP contribution >= 0.6 is 15.9 Å². The van der Waals surface area contributed by atoms with Gasteiger partial charge in [0.1, 0.15) is 5.75 Å². The van der Waals surface area contributed by atoms with Crippen LogP contribution < -0.4 is 4.74 Å². The number of unbranched alkanes of at least 4 members (excludes halogenated alkanes) is 1. The lowest BCUT2D eigenvalue weighted by Gasteiger charge is -2.16. The zero-order valence-electron chi connectivity index (χ0n) is 11.7. The molecule has 1 aromatic rings. The highest BCUT2D eigenvalue weighted by Gasteiger charge is 2.10. The normalized spacial score (nSPS) is 12.4. The highest BCUT2D eigenvalue weighted by Crippen LogP contribution is 2.22. The summed E-state index contributed by atoms with van der Waals surface area (Å²) in [6.07, 6.45) is 2.33. The third-order valence-corrected chi connectivity index (χ3v) is 3.40. The SMILES string of the molecule is CCCCOCCOC(CBr)c1ccc(OC)cc1. The fourth-order valence-electron chi connectivity index (χ4n) is 1.65. The molecule has 1 unspecified atom stereocenters. The quantitative estimate of drug-likeness (QED) is 0.480. The van der Waals surface area contributed by atoms with Gasteiger partial charge < -0.3 is 14.2 Å². The maximum atomic E-state index is 5.82. The molecule has 0 aliphatic heterocycles. The molecule has 0 aromatic heterocycles. The van der Waals surface area contributed by atoms with Gasteiger partial charge in [-0.3, -0.25) is 0 Å². The minimum Gasteiger partial charge on any atom is -0.497 e. The first-order chi connectivity index (χ1) is 9.31. The molecule has 0 saturated heterocycles. The van der Waals surface area contributed by atoms with Crippen molar-refractivity contribution in [2.45, 2.75) is 25.9 Å². The van der Waals surface area contributed by atoms with Gasteiger partial charge in [0.05, 0.1) is 26.4 Å². The van der Waals surface area contributed by atoms with Crippen LogP contribution in [0.3, 0.4) is 0 Å². The molecule has 0 heterocycles. The lowest BCUT2D eigenvalue weighted by molar-refractivity contribution is 0.0133. The molecule has 0 spiro atoms. The van der Waals surface area contributed by atoms with E-state index in [0.29, 0.717) is 13.2 Å². The summed E-state index contributed by atoms with van der Waals surface area (Å²) < 4.78 is 16.4. The molecule has 19 heavy (non-hydrogen) atoms. The van der Waals surface area contributed by atoms with Crippen molar-refractivity contribution in [3.8, 4) is 5.75 Å². The van der Waals surface area contributed by atoms with Gasteiger partial charge in [0.15, 0.2) is 0 Å². The van der Waals surface area contributed by atoms with Crippen molar-refractivity contribution in [1.82, 2.24) is 0 Å². The molecule has 1 atom stereocenters. The number of halogens is 1. The van der Waals surface area contributed by atoms with Crippen molar-refractivity contribution in [2.24, 2.45) is 0 Å². The highest BCUT2D eigenvalue weighted by atomic mass is 79.9. The molecule has 0 bridgehead atoms. The van der Waals surface area contributed by atoms with Crippen molar-refractivity contribution < 1.29 is 14.2 Å². The van der Waals surface area contributed by atoms with Gasteiger partial charge in [-0.2, -0.15) is 0 Å². The number of methoxy groups -OCH3 is 1. The van der Waals surface area contributed by atoms with Crippen LogP contribution in [0.5, 0.6) is 5.75 Å². The Bertz CT molecular complexity index is 327. The van der Waals surface area contributed by atoms with E-state index in [2.05, 4.69) is 22.9 Å². The van der Waals surface area contributed by atoms with Gasteiger partial charge in [0.25, 0.3) is 0 Å². The fourth-order valence-corrected chi connectivity index (χ4v) is 2.21. The van der Waals surface area contributed by atoms with E-state index in [-0.39, 0.29) is 6.10 Å². The van der Waals surface area contributed by atoms with E-state index in [0.717, 1.165) is 36.1 Å². The maximum absolute atomic E-state index is 5.82. The summed E-state index contributed by atoms with van der Waals surface area (Å²) in [5.74, 6) is 0.861. The molecule has 0 radical (unpaired) electrons. The Labute approximate surface area is 124 Å².